The van der Waals surface area contributed by atoms with Gasteiger partial charge in [0.05, 0.1) is 31.4 Å². The summed E-state index contributed by atoms with van der Waals surface area (Å²) in [7, 11) is 1.66. The minimum atomic E-state index is -0.0704. The van der Waals surface area contributed by atoms with Gasteiger partial charge >= 0.3 is 0 Å². The van der Waals surface area contributed by atoms with Gasteiger partial charge in [0, 0.05) is 18.1 Å². The van der Waals surface area contributed by atoms with E-state index in [1.807, 2.05) is 46.8 Å². The first kappa shape index (κ1) is 17.4. The van der Waals surface area contributed by atoms with Gasteiger partial charge < -0.3 is 9.64 Å². The lowest BCUT2D eigenvalue weighted by Gasteiger charge is -2.34. The molecule has 142 valence electrons. The number of carbonyl (C=O) groups excluding carboxylic acids is 1. The van der Waals surface area contributed by atoms with Crippen molar-refractivity contribution in [1.29, 1.82) is 0 Å². The molecule has 2 atom stereocenters. The molecule has 0 N–H and O–H groups in total. The average Bonchev–Trinajstić information content (AvgIpc) is 3.45. The van der Waals surface area contributed by atoms with E-state index in [0.717, 1.165) is 47.1 Å². The highest BCUT2D eigenvalue weighted by atomic mass is 32.1. The molecule has 28 heavy (non-hydrogen) atoms. The number of amides is 1. The van der Waals surface area contributed by atoms with E-state index in [1.165, 1.54) is 0 Å². The topological polar surface area (TPSA) is 45.7 Å². The van der Waals surface area contributed by atoms with Crippen LogP contribution in [-0.2, 0) is 11.3 Å². The summed E-state index contributed by atoms with van der Waals surface area (Å²) in [5.74, 6) is 0.906. The maximum absolute atomic E-state index is 13.2. The van der Waals surface area contributed by atoms with Crippen molar-refractivity contribution in [3.8, 4) is 16.9 Å². The Morgan fingerprint density at radius 2 is 2.04 bits per heavy atom. The third-order valence-electron chi connectivity index (χ3n) is 5.64. The summed E-state index contributed by atoms with van der Waals surface area (Å²) in [4.78, 5) is 21.8. The van der Waals surface area contributed by atoms with Crippen LogP contribution in [0, 0.1) is 0 Å². The zero-order valence-electron chi connectivity index (χ0n) is 15.6. The smallest absolute Gasteiger partial charge is 0.244 e. The number of likely N-dealkylation sites (tertiary alicyclic amines) is 1. The fourth-order valence-corrected chi connectivity index (χ4v) is 4.99. The molecule has 2 aromatic carbocycles. The Kier molecular flexibility index (Phi) is 4.37. The van der Waals surface area contributed by atoms with Crippen LogP contribution in [0.3, 0.4) is 0 Å². The number of methoxy groups -OCH3 is 1. The summed E-state index contributed by atoms with van der Waals surface area (Å²) in [5.41, 5.74) is 3.09. The van der Waals surface area contributed by atoms with E-state index in [2.05, 4.69) is 28.1 Å². The van der Waals surface area contributed by atoms with Gasteiger partial charge in [0.25, 0.3) is 0 Å². The average molecular weight is 391 g/mol. The number of piperazine rings is 1. The molecule has 0 saturated carbocycles. The Balaban J connectivity index is 1.45. The molecule has 1 aromatic heterocycles. The summed E-state index contributed by atoms with van der Waals surface area (Å²) in [6.07, 6.45) is 2.69. The van der Waals surface area contributed by atoms with E-state index in [0.29, 0.717) is 0 Å². The van der Waals surface area contributed by atoms with Gasteiger partial charge in [-0.15, -0.1) is 11.3 Å². The fraction of sp³-hybridized carbons (Fsp3) is 0.273. The number of thiazole rings is 1. The number of hydrogen-bond donors (Lipinski definition) is 0. The molecule has 0 unspecified atom stereocenters. The number of rotatable bonds is 5. The first-order valence-corrected chi connectivity index (χ1v) is 10.3. The molecule has 0 spiro atoms. The molecule has 6 heteroatoms. The van der Waals surface area contributed by atoms with E-state index in [4.69, 9.17) is 4.74 Å². The van der Waals surface area contributed by atoms with E-state index < -0.39 is 0 Å². The third-order valence-corrected chi connectivity index (χ3v) is 6.40. The minimum Gasteiger partial charge on any atom is -0.495 e. The van der Waals surface area contributed by atoms with Crippen LogP contribution in [0.4, 0.5) is 5.69 Å². The number of hydrogen-bond acceptors (Lipinski definition) is 5. The maximum Gasteiger partial charge on any atom is 0.244 e. The van der Waals surface area contributed by atoms with Crippen LogP contribution in [0.1, 0.15) is 11.4 Å². The Bertz CT molecular complexity index is 990. The first-order valence-electron chi connectivity index (χ1n) is 9.43. The number of nitrogens with zero attached hydrogens (tertiary/aromatic N) is 3. The Morgan fingerprint density at radius 3 is 2.75 bits per heavy atom. The van der Waals surface area contributed by atoms with Crippen molar-refractivity contribution >= 4 is 22.9 Å². The normalized spacial score (nSPS) is 21.5. The van der Waals surface area contributed by atoms with E-state index in [9.17, 15) is 4.79 Å². The van der Waals surface area contributed by atoms with E-state index in [-0.39, 0.29) is 18.0 Å². The van der Waals surface area contributed by atoms with Gasteiger partial charge in [-0.25, -0.2) is 4.98 Å². The number of anilines is 1. The van der Waals surface area contributed by atoms with Crippen molar-refractivity contribution in [3.05, 3.63) is 65.1 Å². The molecule has 0 radical (unpaired) electrons. The van der Waals surface area contributed by atoms with Crippen LogP contribution < -0.4 is 9.64 Å². The number of aromatic nitrogens is 1. The van der Waals surface area contributed by atoms with Gasteiger partial charge in [0.1, 0.15) is 10.8 Å². The van der Waals surface area contributed by atoms with Crippen molar-refractivity contribution in [2.45, 2.75) is 25.0 Å². The fourth-order valence-electron chi connectivity index (χ4n) is 4.35. The highest BCUT2D eigenvalue weighted by Gasteiger charge is 2.50. The number of fused-ring (bicyclic) bond motifs is 2. The zero-order chi connectivity index (χ0) is 19.1. The second kappa shape index (κ2) is 7.04. The monoisotopic (exact) mass is 391 g/mol. The summed E-state index contributed by atoms with van der Waals surface area (Å²) in [6, 6.07) is 16.4. The largest absolute Gasteiger partial charge is 0.495 e. The Hall–Kier alpha value is -2.70. The van der Waals surface area contributed by atoms with Crippen molar-refractivity contribution in [3.63, 3.8) is 0 Å². The minimum absolute atomic E-state index is 0.0704. The highest BCUT2D eigenvalue weighted by molar-refractivity contribution is 7.09. The van der Waals surface area contributed by atoms with Crippen LogP contribution in [0.25, 0.3) is 11.1 Å². The quantitative estimate of drug-likeness (QED) is 0.664. The van der Waals surface area contributed by atoms with Crippen LogP contribution in [0.15, 0.2) is 60.1 Å². The van der Waals surface area contributed by atoms with E-state index >= 15 is 0 Å². The number of ether oxygens (including phenoxy) is 1. The van der Waals surface area contributed by atoms with Gasteiger partial charge in [-0.2, -0.15) is 0 Å². The third kappa shape index (κ3) is 2.89. The van der Waals surface area contributed by atoms with Crippen LogP contribution in [0.2, 0.25) is 0 Å². The van der Waals surface area contributed by atoms with Crippen molar-refractivity contribution in [2.75, 3.05) is 18.6 Å². The SMILES string of the molecule is COc1ccc(-c2ccccc2)cc1N1C(=O)[C@@H]2C[C@H]1CN2Cc1nccs1. The second-order valence-electron chi connectivity index (χ2n) is 7.22. The Labute approximate surface area is 168 Å². The molecule has 2 saturated heterocycles. The van der Waals surface area contributed by atoms with E-state index in [1.54, 1.807) is 18.4 Å². The molecule has 2 fully saturated rings. The molecule has 2 aliphatic rings. The molecule has 5 nitrogen and oxygen atoms in total. The summed E-state index contributed by atoms with van der Waals surface area (Å²) < 4.78 is 5.60. The molecule has 1 amide bonds. The van der Waals surface area contributed by atoms with Crippen LogP contribution >= 0.6 is 11.3 Å². The summed E-state index contributed by atoms with van der Waals surface area (Å²) in [6.45, 7) is 1.62. The van der Waals surface area contributed by atoms with Crippen molar-refractivity contribution in [1.82, 2.24) is 9.88 Å². The van der Waals surface area contributed by atoms with Crippen LogP contribution in [0.5, 0.6) is 5.75 Å². The molecule has 2 bridgehead atoms. The molecule has 3 aromatic rings. The molecule has 3 heterocycles. The van der Waals surface area contributed by atoms with Gasteiger partial charge in [0.2, 0.25) is 5.91 Å². The van der Waals surface area contributed by atoms with Gasteiger partial charge in [0.15, 0.2) is 0 Å². The first-order chi connectivity index (χ1) is 13.7. The number of carbonyl (C=O) groups is 1. The Morgan fingerprint density at radius 1 is 1.18 bits per heavy atom. The van der Waals surface area contributed by atoms with Gasteiger partial charge in [-0.3, -0.25) is 9.69 Å². The van der Waals surface area contributed by atoms with Gasteiger partial charge in [-0.1, -0.05) is 36.4 Å². The lowest BCUT2D eigenvalue weighted by atomic mass is 10.0. The van der Waals surface area contributed by atoms with Crippen molar-refractivity contribution in [2.24, 2.45) is 0 Å². The number of benzene rings is 2. The lowest BCUT2D eigenvalue weighted by molar-refractivity contribution is -0.122. The molecule has 2 aliphatic heterocycles. The zero-order valence-corrected chi connectivity index (χ0v) is 16.4. The summed E-state index contributed by atoms with van der Waals surface area (Å²) in [5, 5.41) is 3.05. The standard InChI is InChI=1S/C22H21N3O2S/c1-27-20-8-7-16(15-5-3-2-4-6-15)11-18(20)25-17-12-19(22(25)26)24(13-17)14-21-23-9-10-28-21/h2-11,17,19H,12-14H2,1H3/t17-,19-/m0/s1. The lowest BCUT2D eigenvalue weighted by Crippen LogP contribution is -2.50. The van der Waals surface area contributed by atoms with Crippen molar-refractivity contribution < 1.29 is 9.53 Å². The maximum atomic E-state index is 13.2. The summed E-state index contributed by atoms with van der Waals surface area (Å²) >= 11 is 1.64. The second-order valence-corrected chi connectivity index (χ2v) is 8.20. The molecule has 0 aliphatic carbocycles. The molecular weight excluding hydrogens is 370 g/mol. The predicted molar refractivity (Wildman–Crippen MR) is 111 cm³/mol. The molecular formula is C22H21N3O2S. The molecule has 5 rings (SSSR count). The highest BCUT2D eigenvalue weighted by Crippen LogP contribution is 2.42. The van der Waals surface area contributed by atoms with Crippen LogP contribution in [-0.4, -0.2) is 41.5 Å². The predicted octanol–water partition coefficient (Wildman–Crippen LogP) is 3.81. The van der Waals surface area contributed by atoms with Gasteiger partial charge in [-0.05, 0) is 29.7 Å².